The van der Waals surface area contributed by atoms with E-state index in [1.807, 2.05) is 97.1 Å². The minimum Gasteiger partial charge on any atom is -0.461 e. The SMILES string of the molecule is CC(=O)Nc1ccn([C@@H]2S[C@H](COC(=O)/C=C/c3ccccc3)[C@@H](OC(=O)/C=C/c3ccccc3)[C@@H]2F)c(=O)n1.C[C@H]1S[C@H](COC(=O)/C=C/c2ccccc2)[C@@H](OC(=O)/C=C/c2ccccc2)[C@@H]1F. The van der Waals surface area contributed by atoms with Crippen molar-refractivity contribution in [2.45, 2.75) is 59.5 Å². The molecule has 0 saturated carbocycles. The number of thioether (sulfide) groups is 2. The maximum absolute atomic E-state index is 15.8. The average molecular weight is 990 g/mol. The molecule has 2 aliphatic heterocycles. The van der Waals surface area contributed by atoms with Crippen LogP contribution >= 0.6 is 23.5 Å². The molecule has 17 heteroatoms. The molecule has 70 heavy (non-hydrogen) atoms. The number of ether oxygens (including phenoxy) is 4. The fourth-order valence-corrected chi connectivity index (χ4v) is 9.74. The van der Waals surface area contributed by atoms with E-state index in [1.54, 1.807) is 49.4 Å². The summed E-state index contributed by atoms with van der Waals surface area (Å²) in [5.41, 5.74) is 2.46. The van der Waals surface area contributed by atoms with Crippen molar-refractivity contribution >= 4 is 83.4 Å². The molecule has 0 unspecified atom stereocenters. The molecule has 0 bridgehead atoms. The van der Waals surface area contributed by atoms with Gasteiger partial charge in [0.05, 0.1) is 10.5 Å². The molecule has 1 amide bonds. The molecular weight excluding hydrogens is 941 g/mol. The Bertz CT molecular complexity index is 2730. The van der Waals surface area contributed by atoms with Crippen molar-refractivity contribution in [2.75, 3.05) is 18.5 Å². The van der Waals surface area contributed by atoms with Gasteiger partial charge in [-0.1, -0.05) is 128 Å². The van der Waals surface area contributed by atoms with Crippen LogP contribution < -0.4 is 11.0 Å². The van der Waals surface area contributed by atoms with E-state index in [9.17, 15) is 33.2 Å². The maximum Gasteiger partial charge on any atom is 0.350 e. The van der Waals surface area contributed by atoms with Crippen LogP contribution in [0.4, 0.5) is 14.6 Å². The van der Waals surface area contributed by atoms with Gasteiger partial charge < -0.3 is 24.3 Å². The Labute approximate surface area is 411 Å². The maximum atomic E-state index is 15.8. The molecule has 3 heterocycles. The topological polar surface area (TPSA) is 169 Å². The first kappa shape index (κ1) is 52.0. The van der Waals surface area contributed by atoms with Crippen LogP contribution in [-0.2, 0) is 42.9 Å². The molecule has 0 spiro atoms. The van der Waals surface area contributed by atoms with Crippen LogP contribution in [0.3, 0.4) is 0 Å². The highest BCUT2D eigenvalue weighted by Gasteiger charge is 2.49. The van der Waals surface area contributed by atoms with E-state index in [0.29, 0.717) is 0 Å². The third-order valence-corrected chi connectivity index (χ3v) is 13.3. The van der Waals surface area contributed by atoms with E-state index in [4.69, 9.17) is 18.9 Å². The number of carbonyl (C=O) groups is 5. The fourth-order valence-electron chi connectivity index (χ4n) is 6.91. The second-order valence-electron chi connectivity index (χ2n) is 15.6. The average Bonchev–Trinajstić information content (AvgIpc) is 3.82. The number of alkyl halides is 2. The van der Waals surface area contributed by atoms with Gasteiger partial charge >= 0.3 is 29.6 Å². The number of nitrogens with zero attached hydrogens (tertiary/aromatic N) is 2. The molecule has 0 radical (unpaired) electrons. The third kappa shape index (κ3) is 16.1. The Kier molecular flexibility index (Phi) is 19.6. The van der Waals surface area contributed by atoms with Gasteiger partial charge in [0, 0.05) is 42.7 Å². The zero-order valence-corrected chi connectivity index (χ0v) is 39.5. The first-order chi connectivity index (χ1) is 33.8. The summed E-state index contributed by atoms with van der Waals surface area (Å²) in [6.07, 6.45) is 7.28. The predicted molar refractivity (Wildman–Crippen MR) is 267 cm³/mol. The number of esters is 4. The number of halogens is 2. The quantitative estimate of drug-likeness (QED) is 0.0567. The van der Waals surface area contributed by atoms with Crippen LogP contribution in [0.25, 0.3) is 24.3 Å². The van der Waals surface area contributed by atoms with Crippen LogP contribution in [0.1, 0.15) is 41.5 Å². The van der Waals surface area contributed by atoms with Crippen molar-refractivity contribution < 1.29 is 51.7 Å². The van der Waals surface area contributed by atoms with E-state index in [2.05, 4.69) is 10.3 Å². The molecule has 2 saturated heterocycles. The fraction of sp³-hybridized carbons (Fsp3) is 0.226. The summed E-state index contributed by atoms with van der Waals surface area (Å²) in [4.78, 5) is 76.8. The number of hydrogen-bond acceptors (Lipinski definition) is 13. The molecule has 5 aromatic rings. The van der Waals surface area contributed by atoms with Gasteiger partial charge in [0.25, 0.3) is 0 Å². The van der Waals surface area contributed by atoms with Gasteiger partial charge in [-0.3, -0.25) is 9.36 Å². The van der Waals surface area contributed by atoms with Gasteiger partial charge in [-0.05, 0) is 52.6 Å². The molecule has 7 rings (SSSR count). The Balaban J connectivity index is 0.000000239. The van der Waals surface area contributed by atoms with Gasteiger partial charge in [-0.15, -0.1) is 23.5 Å². The molecule has 1 N–H and O–H groups in total. The number of anilines is 1. The van der Waals surface area contributed by atoms with Crippen molar-refractivity contribution in [1.82, 2.24) is 9.55 Å². The smallest absolute Gasteiger partial charge is 0.350 e. The van der Waals surface area contributed by atoms with Crippen molar-refractivity contribution in [3.05, 3.63) is 191 Å². The number of hydrogen-bond donors (Lipinski definition) is 1. The van der Waals surface area contributed by atoms with Crippen molar-refractivity contribution in [3.8, 4) is 0 Å². The van der Waals surface area contributed by atoms with Crippen LogP contribution in [-0.4, -0.2) is 92.9 Å². The third-order valence-electron chi connectivity index (χ3n) is 10.3. The van der Waals surface area contributed by atoms with Crippen LogP contribution in [0.15, 0.2) is 163 Å². The lowest BCUT2D eigenvalue weighted by molar-refractivity contribution is -0.149. The standard InChI is InChI=1S/C29H26FN3O6S.C24H23FO4S/c1-19(34)31-23-16-17-33(29(37)32-23)28-26(30)27(39-25(36)15-13-21-10-6-3-7-11-21)22(40-28)18-38-24(35)14-12-20-8-4-2-5-9-20;1-17-23(25)24(29-22(27)15-13-19-10-6-3-7-11-19)20(30-17)16-28-21(26)14-12-18-8-4-2-5-9-18/h2-17,22,26-28H,18H2,1H3,(H,31,32,34,37);2-15,17,20,23-24H,16H2,1H3/b2*14-12+,15-13+/t22-,26+,27-,28-;17-,20-,23-,24-/m11/s1. The number of amides is 1. The molecule has 2 aliphatic rings. The Morgan fingerprint density at radius 2 is 0.971 bits per heavy atom. The number of rotatable bonds is 16. The Hall–Kier alpha value is -7.37. The van der Waals surface area contributed by atoms with Crippen molar-refractivity contribution in [1.29, 1.82) is 0 Å². The first-order valence-electron chi connectivity index (χ1n) is 22.0. The summed E-state index contributed by atoms with van der Waals surface area (Å²) < 4.78 is 52.8. The van der Waals surface area contributed by atoms with Gasteiger partial charge in [-0.2, -0.15) is 4.98 Å². The number of carbonyl (C=O) groups excluding carboxylic acids is 5. The normalized spacial score (nSPS) is 21.8. The van der Waals surface area contributed by atoms with Crippen LogP contribution in [0.5, 0.6) is 0 Å². The van der Waals surface area contributed by atoms with Gasteiger partial charge in [0.1, 0.15) is 36.7 Å². The van der Waals surface area contributed by atoms with Crippen LogP contribution in [0, 0.1) is 0 Å². The molecule has 0 aliphatic carbocycles. The zero-order valence-electron chi connectivity index (χ0n) is 37.9. The Morgan fingerprint density at radius 1 is 0.586 bits per heavy atom. The summed E-state index contributed by atoms with van der Waals surface area (Å²) in [5, 5.41) is -0.354. The van der Waals surface area contributed by atoms with E-state index in [1.165, 1.54) is 61.3 Å². The summed E-state index contributed by atoms with van der Waals surface area (Å²) in [5.74, 6) is -2.98. The lowest BCUT2D eigenvalue weighted by atomic mass is 10.1. The molecule has 1 aromatic heterocycles. The number of aromatic nitrogens is 2. The minimum absolute atomic E-state index is 0.0249. The summed E-state index contributed by atoms with van der Waals surface area (Å²) in [7, 11) is 0. The molecular formula is C53H49F2N3O10S2. The molecule has 2 fully saturated rings. The first-order valence-corrected chi connectivity index (χ1v) is 23.8. The summed E-state index contributed by atoms with van der Waals surface area (Å²) in [6, 6.07) is 38.2. The number of nitrogens with one attached hydrogen (secondary N) is 1. The summed E-state index contributed by atoms with van der Waals surface area (Å²) >= 11 is 2.30. The largest absolute Gasteiger partial charge is 0.461 e. The summed E-state index contributed by atoms with van der Waals surface area (Å²) in [6.45, 7) is 2.69. The highest BCUT2D eigenvalue weighted by molar-refractivity contribution is 8.01. The van der Waals surface area contributed by atoms with Crippen molar-refractivity contribution in [2.24, 2.45) is 0 Å². The second-order valence-corrected chi connectivity index (χ2v) is 18.5. The molecule has 4 aromatic carbocycles. The molecule has 362 valence electrons. The van der Waals surface area contributed by atoms with Crippen molar-refractivity contribution in [3.63, 3.8) is 0 Å². The van der Waals surface area contributed by atoms with Gasteiger partial charge in [0.15, 0.2) is 12.3 Å². The highest BCUT2D eigenvalue weighted by Crippen LogP contribution is 2.45. The van der Waals surface area contributed by atoms with E-state index < -0.39 is 75.9 Å². The lowest BCUT2D eigenvalue weighted by Crippen LogP contribution is -2.37. The van der Waals surface area contributed by atoms with Crippen LogP contribution in [0.2, 0.25) is 0 Å². The predicted octanol–water partition coefficient (Wildman–Crippen LogP) is 8.75. The van der Waals surface area contributed by atoms with Gasteiger partial charge in [0.2, 0.25) is 5.91 Å². The zero-order chi connectivity index (χ0) is 49.8. The van der Waals surface area contributed by atoms with E-state index >= 15 is 4.39 Å². The van der Waals surface area contributed by atoms with E-state index in [-0.39, 0.29) is 24.3 Å². The number of benzene rings is 4. The monoisotopic (exact) mass is 989 g/mol. The van der Waals surface area contributed by atoms with Gasteiger partial charge in [-0.25, -0.2) is 32.8 Å². The minimum atomic E-state index is -1.83. The molecule has 8 atom stereocenters. The Morgan fingerprint density at radius 3 is 1.37 bits per heavy atom. The molecule has 13 nitrogen and oxygen atoms in total. The second kappa shape index (κ2) is 26.4. The lowest BCUT2D eigenvalue weighted by Gasteiger charge is -2.20. The van der Waals surface area contributed by atoms with E-state index in [0.717, 1.165) is 38.6 Å². The highest BCUT2D eigenvalue weighted by atomic mass is 32.2.